The third-order valence-corrected chi connectivity index (χ3v) is 3.32. The SMILES string of the molecule is CC1=C(CN=C2N=CNC3=NC=NC23)CC=CC1. The molecule has 0 spiro atoms. The standard InChI is InChI=1S/C13H15N5/c1-9-4-2-3-5-10(9)6-14-12-11-13(16-7-15-11)18-8-17-12/h2-3,7-8,11H,4-6H2,1H3,(H,14,15,16,17,18). The maximum absolute atomic E-state index is 4.59. The van der Waals surface area contributed by atoms with Crippen molar-refractivity contribution in [1.29, 1.82) is 0 Å². The van der Waals surface area contributed by atoms with E-state index in [0.717, 1.165) is 24.5 Å². The molecule has 1 unspecified atom stereocenters. The van der Waals surface area contributed by atoms with Crippen molar-refractivity contribution in [2.24, 2.45) is 20.0 Å². The molecule has 0 radical (unpaired) electrons. The summed E-state index contributed by atoms with van der Waals surface area (Å²) in [6.07, 6.45) is 9.64. The second-order valence-corrected chi connectivity index (χ2v) is 4.52. The van der Waals surface area contributed by atoms with Crippen LogP contribution in [0.25, 0.3) is 0 Å². The van der Waals surface area contributed by atoms with Crippen LogP contribution in [0.1, 0.15) is 19.8 Å². The monoisotopic (exact) mass is 241 g/mol. The molecule has 1 aliphatic carbocycles. The van der Waals surface area contributed by atoms with Crippen LogP contribution in [0.15, 0.2) is 43.3 Å². The van der Waals surface area contributed by atoms with Gasteiger partial charge in [-0.05, 0) is 25.3 Å². The van der Waals surface area contributed by atoms with Crippen molar-refractivity contribution in [3.63, 3.8) is 0 Å². The molecule has 1 N–H and O–H groups in total. The molecule has 2 heterocycles. The van der Waals surface area contributed by atoms with Gasteiger partial charge >= 0.3 is 0 Å². The average Bonchev–Trinajstić information content (AvgIpc) is 2.86. The van der Waals surface area contributed by atoms with E-state index in [1.165, 1.54) is 11.1 Å². The van der Waals surface area contributed by atoms with E-state index in [2.05, 4.69) is 44.4 Å². The summed E-state index contributed by atoms with van der Waals surface area (Å²) in [6.45, 7) is 2.88. The van der Waals surface area contributed by atoms with E-state index < -0.39 is 0 Å². The van der Waals surface area contributed by atoms with E-state index in [4.69, 9.17) is 0 Å². The average molecular weight is 241 g/mol. The zero-order valence-corrected chi connectivity index (χ0v) is 10.3. The maximum Gasteiger partial charge on any atom is 0.168 e. The van der Waals surface area contributed by atoms with Crippen LogP contribution in [-0.4, -0.2) is 36.9 Å². The topological polar surface area (TPSA) is 61.5 Å². The molecule has 0 aromatic carbocycles. The Balaban J connectivity index is 1.77. The molecule has 18 heavy (non-hydrogen) atoms. The van der Waals surface area contributed by atoms with Gasteiger partial charge in [-0.1, -0.05) is 17.7 Å². The highest BCUT2D eigenvalue weighted by Crippen LogP contribution is 2.19. The van der Waals surface area contributed by atoms with Gasteiger partial charge in [0, 0.05) is 0 Å². The Morgan fingerprint density at radius 2 is 2.28 bits per heavy atom. The molecule has 5 nitrogen and oxygen atoms in total. The lowest BCUT2D eigenvalue weighted by Gasteiger charge is -2.16. The second kappa shape index (κ2) is 4.68. The zero-order chi connectivity index (χ0) is 12.4. The van der Waals surface area contributed by atoms with Gasteiger partial charge in [-0.3, -0.25) is 9.98 Å². The minimum atomic E-state index is -0.130. The minimum absolute atomic E-state index is 0.130. The second-order valence-electron chi connectivity index (χ2n) is 4.52. The molecular weight excluding hydrogens is 226 g/mol. The highest BCUT2D eigenvalue weighted by atomic mass is 15.2. The minimum Gasteiger partial charge on any atom is -0.332 e. The highest BCUT2D eigenvalue weighted by Gasteiger charge is 2.26. The fourth-order valence-corrected chi connectivity index (χ4v) is 2.15. The number of allylic oxidation sites excluding steroid dienone is 3. The summed E-state index contributed by atoms with van der Waals surface area (Å²) in [4.78, 5) is 17.2. The fraction of sp³-hybridized carbons (Fsp3) is 0.385. The Bertz CT molecular complexity index is 534. The van der Waals surface area contributed by atoms with Crippen molar-refractivity contribution in [2.45, 2.75) is 25.8 Å². The van der Waals surface area contributed by atoms with E-state index >= 15 is 0 Å². The lowest BCUT2D eigenvalue weighted by molar-refractivity contribution is 0.952. The van der Waals surface area contributed by atoms with Crippen LogP contribution in [0.3, 0.4) is 0 Å². The molecule has 0 fully saturated rings. The third kappa shape index (κ3) is 2.03. The number of amidine groups is 2. The van der Waals surface area contributed by atoms with Crippen molar-refractivity contribution in [2.75, 3.05) is 6.54 Å². The summed E-state index contributed by atoms with van der Waals surface area (Å²) in [5.74, 6) is 1.56. The first-order valence-corrected chi connectivity index (χ1v) is 6.10. The molecule has 92 valence electrons. The van der Waals surface area contributed by atoms with E-state index in [1.807, 2.05) is 0 Å². The van der Waals surface area contributed by atoms with Crippen LogP contribution in [0.2, 0.25) is 0 Å². The maximum atomic E-state index is 4.59. The molecule has 0 bridgehead atoms. The van der Waals surface area contributed by atoms with Gasteiger partial charge in [0.05, 0.1) is 12.9 Å². The summed E-state index contributed by atoms with van der Waals surface area (Å²) in [5, 5.41) is 2.99. The van der Waals surface area contributed by atoms with E-state index in [-0.39, 0.29) is 6.04 Å². The molecule has 0 amide bonds. The lowest BCUT2D eigenvalue weighted by Crippen LogP contribution is -2.40. The summed E-state index contributed by atoms with van der Waals surface area (Å²) in [6, 6.07) is -0.130. The Morgan fingerprint density at radius 1 is 1.39 bits per heavy atom. The van der Waals surface area contributed by atoms with Gasteiger partial charge in [0.15, 0.2) is 11.9 Å². The van der Waals surface area contributed by atoms with E-state index in [1.54, 1.807) is 12.7 Å². The summed E-state index contributed by atoms with van der Waals surface area (Å²) < 4.78 is 0. The van der Waals surface area contributed by atoms with Gasteiger partial charge < -0.3 is 5.32 Å². The first-order valence-electron chi connectivity index (χ1n) is 6.10. The van der Waals surface area contributed by atoms with Gasteiger partial charge in [-0.2, -0.15) is 0 Å². The predicted octanol–water partition coefficient (Wildman–Crippen LogP) is 1.49. The zero-order valence-electron chi connectivity index (χ0n) is 10.3. The molecule has 0 aromatic rings. The smallest absolute Gasteiger partial charge is 0.168 e. The number of nitrogens with one attached hydrogen (secondary N) is 1. The molecule has 3 rings (SSSR count). The number of aliphatic imine (C=N–C) groups is 4. The quantitative estimate of drug-likeness (QED) is 0.731. The molecule has 5 heteroatoms. The van der Waals surface area contributed by atoms with Crippen molar-refractivity contribution >= 4 is 24.3 Å². The Morgan fingerprint density at radius 3 is 3.17 bits per heavy atom. The lowest BCUT2D eigenvalue weighted by atomic mass is 9.98. The van der Waals surface area contributed by atoms with Gasteiger partial charge in [0.1, 0.15) is 12.2 Å². The van der Waals surface area contributed by atoms with Crippen molar-refractivity contribution in [1.82, 2.24) is 5.32 Å². The Labute approximate surface area is 106 Å². The normalized spacial score (nSPS) is 27.5. The third-order valence-electron chi connectivity index (χ3n) is 3.32. The van der Waals surface area contributed by atoms with Crippen molar-refractivity contribution in [3.8, 4) is 0 Å². The molecule has 2 aliphatic heterocycles. The molecular formula is C13H15N5. The van der Waals surface area contributed by atoms with Crippen LogP contribution in [0.4, 0.5) is 0 Å². The number of nitrogens with zero attached hydrogens (tertiary/aromatic N) is 4. The van der Waals surface area contributed by atoms with Gasteiger partial charge in [-0.25, -0.2) is 9.98 Å². The molecule has 0 saturated heterocycles. The molecule has 1 atom stereocenters. The van der Waals surface area contributed by atoms with Gasteiger partial charge in [0.2, 0.25) is 0 Å². The fourth-order valence-electron chi connectivity index (χ4n) is 2.15. The first kappa shape index (κ1) is 11.1. The Hall–Kier alpha value is -2.04. The van der Waals surface area contributed by atoms with Crippen molar-refractivity contribution < 1.29 is 0 Å². The van der Waals surface area contributed by atoms with E-state index in [0.29, 0.717) is 6.54 Å². The predicted molar refractivity (Wildman–Crippen MR) is 74.7 cm³/mol. The number of rotatable bonds is 2. The summed E-state index contributed by atoms with van der Waals surface area (Å²) >= 11 is 0. The van der Waals surface area contributed by atoms with Crippen LogP contribution >= 0.6 is 0 Å². The summed E-state index contributed by atoms with van der Waals surface area (Å²) in [7, 11) is 0. The summed E-state index contributed by atoms with van der Waals surface area (Å²) in [5.41, 5.74) is 2.81. The largest absolute Gasteiger partial charge is 0.332 e. The Kier molecular flexibility index (Phi) is 2.88. The molecule has 3 aliphatic rings. The molecule has 0 saturated carbocycles. The van der Waals surface area contributed by atoms with Crippen LogP contribution < -0.4 is 5.32 Å². The number of hydrogen-bond acceptors (Lipinski definition) is 4. The van der Waals surface area contributed by atoms with Gasteiger partial charge in [-0.15, -0.1) is 0 Å². The van der Waals surface area contributed by atoms with Crippen LogP contribution in [0.5, 0.6) is 0 Å². The van der Waals surface area contributed by atoms with Crippen LogP contribution in [-0.2, 0) is 0 Å². The first-order chi connectivity index (χ1) is 8.84. The highest BCUT2D eigenvalue weighted by molar-refractivity contribution is 6.21. The van der Waals surface area contributed by atoms with Crippen molar-refractivity contribution in [3.05, 3.63) is 23.3 Å². The number of hydrogen-bond donors (Lipinski definition) is 1. The van der Waals surface area contributed by atoms with E-state index in [9.17, 15) is 0 Å². The van der Waals surface area contributed by atoms with Crippen LogP contribution in [0, 0.1) is 0 Å². The van der Waals surface area contributed by atoms with Gasteiger partial charge in [0.25, 0.3) is 0 Å². The number of fused-ring (bicyclic) bond motifs is 1. The molecule has 0 aromatic heterocycles.